The summed E-state index contributed by atoms with van der Waals surface area (Å²) in [5.41, 5.74) is 5.12. The van der Waals surface area contributed by atoms with Crippen molar-refractivity contribution in [3.05, 3.63) is 72.4 Å². The molecule has 0 N–H and O–H groups in total. The third kappa shape index (κ3) is 2.15. The van der Waals surface area contributed by atoms with Gasteiger partial charge in [0.25, 0.3) is 0 Å². The van der Waals surface area contributed by atoms with Gasteiger partial charge in [-0.1, -0.05) is 30.3 Å². The van der Waals surface area contributed by atoms with Gasteiger partial charge in [-0.2, -0.15) is 0 Å². The molecular formula is C19H15N5O. The van der Waals surface area contributed by atoms with Crippen LogP contribution in [0.1, 0.15) is 11.4 Å². The van der Waals surface area contributed by atoms with E-state index in [0.717, 1.165) is 34.7 Å². The second-order valence-electron chi connectivity index (χ2n) is 5.98. The molecule has 0 aliphatic heterocycles. The van der Waals surface area contributed by atoms with Gasteiger partial charge in [0.05, 0.1) is 17.2 Å². The van der Waals surface area contributed by atoms with Crippen LogP contribution in [-0.4, -0.2) is 24.1 Å². The Morgan fingerprint density at radius 1 is 1.00 bits per heavy atom. The van der Waals surface area contributed by atoms with Crippen molar-refractivity contribution in [2.45, 2.75) is 13.5 Å². The smallest absolute Gasteiger partial charge is 0.243 e. The third-order valence-corrected chi connectivity index (χ3v) is 4.43. The van der Waals surface area contributed by atoms with Crippen molar-refractivity contribution in [1.82, 2.24) is 24.1 Å². The molecule has 25 heavy (non-hydrogen) atoms. The first-order valence-corrected chi connectivity index (χ1v) is 8.09. The van der Waals surface area contributed by atoms with Crippen LogP contribution in [-0.2, 0) is 6.54 Å². The van der Waals surface area contributed by atoms with Gasteiger partial charge in [-0.15, -0.1) is 10.2 Å². The predicted octanol–water partition coefficient (Wildman–Crippen LogP) is 3.70. The first-order valence-electron chi connectivity index (χ1n) is 8.09. The molecule has 0 saturated carbocycles. The Hall–Kier alpha value is -3.41. The molecule has 0 radical (unpaired) electrons. The summed E-state index contributed by atoms with van der Waals surface area (Å²) >= 11 is 0. The maximum Gasteiger partial charge on any atom is 0.243 e. The molecule has 5 rings (SSSR count). The van der Waals surface area contributed by atoms with Crippen molar-refractivity contribution in [2.75, 3.05) is 0 Å². The van der Waals surface area contributed by atoms with E-state index >= 15 is 0 Å². The van der Waals surface area contributed by atoms with E-state index in [1.165, 1.54) is 5.56 Å². The summed E-state index contributed by atoms with van der Waals surface area (Å²) in [5, 5.41) is 8.41. The molecule has 0 amide bonds. The van der Waals surface area contributed by atoms with Gasteiger partial charge in [0.1, 0.15) is 17.8 Å². The summed E-state index contributed by atoms with van der Waals surface area (Å²) in [6, 6.07) is 16.5. The Balaban J connectivity index is 1.82. The zero-order chi connectivity index (χ0) is 16.8. The van der Waals surface area contributed by atoms with Gasteiger partial charge in [0, 0.05) is 6.54 Å². The minimum absolute atomic E-state index is 0.603. The highest BCUT2D eigenvalue weighted by Gasteiger charge is 2.17. The van der Waals surface area contributed by atoms with Crippen LogP contribution in [0.5, 0.6) is 0 Å². The number of oxazole rings is 1. The van der Waals surface area contributed by atoms with E-state index < -0.39 is 0 Å². The number of hydrogen-bond acceptors (Lipinski definition) is 4. The fraction of sp³-hybridized carbons (Fsp3) is 0.105. The lowest BCUT2D eigenvalue weighted by molar-refractivity contribution is 0.567. The van der Waals surface area contributed by atoms with Crippen LogP contribution in [0.2, 0.25) is 0 Å². The van der Waals surface area contributed by atoms with Gasteiger partial charge in [-0.25, -0.2) is 4.98 Å². The Morgan fingerprint density at radius 2 is 1.88 bits per heavy atom. The number of fused-ring (bicyclic) bond motifs is 3. The first-order chi connectivity index (χ1) is 12.3. The molecule has 5 aromatic rings. The molecule has 0 bridgehead atoms. The largest absolute Gasteiger partial charge is 0.443 e. The monoisotopic (exact) mass is 329 g/mol. The van der Waals surface area contributed by atoms with Gasteiger partial charge in [-0.3, -0.25) is 4.40 Å². The minimum atomic E-state index is 0.603. The Bertz CT molecular complexity index is 1170. The quantitative estimate of drug-likeness (QED) is 0.506. The predicted molar refractivity (Wildman–Crippen MR) is 94.3 cm³/mol. The van der Waals surface area contributed by atoms with Crippen molar-refractivity contribution in [3.8, 4) is 11.6 Å². The van der Waals surface area contributed by atoms with E-state index in [9.17, 15) is 0 Å². The van der Waals surface area contributed by atoms with Crippen LogP contribution >= 0.6 is 0 Å². The van der Waals surface area contributed by atoms with Crippen LogP contribution in [0, 0.1) is 6.92 Å². The summed E-state index contributed by atoms with van der Waals surface area (Å²) in [5.74, 6) is 1.46. The van der Waals surface area contributed by atoms with E-state index in [-0.39, 0.29) is 0 Å². The highest BCUT2D eigenvalue weighted by atomic mass is 16.3. The summed E-state index contributed by atoms with van der Waals surface area (Å²) in [4.78, 5) is 4.35. The Morgan fingerprint density at radius 3 is 2.68 bits per heavy atom. The lowest BCUT2D eigenvalue weighted by Crippen LogP contribution is -2.02. The number of hydrogen-bond donors (Lipinski definition) is 0. The second kappa shape index (κ2) is 5.31. The van der Waals surface area contributed by atoms with Gasteiger partial charge < -0.3 is 8.98 Å². The van der Waals surface area contributed by atoms with Crippen molar-refractivity contribution < 1.29 is 4.42 Å². The maximum absolute atomic E-state index is 5.58. The molecule has 0 atom stereocenters. The fourth-order valence-corrected chi connectivity index (χ4v) is 3.31. The van der Waals surface area contributed by atoms with Crippen LogP contribution in [0.3, 0.4) is 0 Å². The fourth-order valence-electron chi connectivity index (χ4n) is 3.31. The highest BCUT2D eigenvalue weighted by molar-refractivity contribution is 5.85. The van der Waals surface area contributed by atoms with E-state index in [1.54, 1.807) is 12.5 Å². The highest BCUT2D eigenvalue weighted by Crippen LogP contribution is 2.29. The SMILES string of the molecule is Cc1nnc2ccc3c(cc(-c4ncco4)n3Cc3ccccc3)n12. The molecular weight excluding hydrogens is 314 g/mol. The number of rotatable bonds is 3. The van der Waals surface area contributed by atoms with Gasteiger partial charge >= 0.3 is 0 Å². The van der Waals surface area contributed by atoms with E-state index in [2.05, 4.69) is 48.4 Å². The molecule has 0 aliphatic rings. The van der Waals surface area contributed by atoms with E-state index in [4.69, 9.17) is 4.42 Å². The molecule has 0 saturated heterocycles. The lowest BCUT2D eigenvalue weighted by atomic mass is 10.2. The van der Waals surface area contributed by atoms with Crippen molar-refractivity contribution in [3.63, 3.8) is 0 Å². The number of nitrogens with zero attached hydrogens (tertiary/aromatic N) is 5. The molecule has 4 heterocycles. The summed E-state index contributed by atoms with van der Waals surface area (Å²) in [7, 11) is 0. The third-order valence-electron chi connectivity index (χ3n) is 4.43. The van der Waals surface area contributed by atoms with Gasteiger partial charge in [0.2, 0.25) is 5.89 Å². The molecule has 0 aliphatic carbocycles. The van der Waals surface area contributed by atoms with Crippen LogP contribution in [0.15, 0.2) is 65.4 Å². The summed E-state index contributed by atoms with van der Waals surface area (Å²) < 4.78 is 9.86. The van der Waals surface area contributed by atoms with Gasteiger partial charge in [0.15, 0.2) is 5.65 Å². The zero-order valence-electron chi connectivity index (χ0n) is 13.6. The molecule has 6 nitrogen and oxygen atoms in total. The summed E-state index contributed by atoms with van der Waals surface area (Å²) in [6.45, 7) is 2.69. The number of aryl methyl sites for hydroxylation is 1. The van der Waals surface area contributed by atoms with E-state index in [1.807, 2.05) is 31.2 Å². The van der Waals surface area contributed by atoms with E-state index in [0.29, 0.717) is 5.89 Å². The first kappa shape index (κ1) is 14.0. The molecule has 0 unspecified atom stereocenters. The molecule has 1 aromatic carbocycles. The molecule has 6 heteroatoms. The Kier molecular flexibility index (Phi) is 2.97. The normalized spacial score (nSPS) is 11.6. The number of aromatic nitrogens is 5. The average molecular weight is 329 g/mol. The second-order valence-corrected chi connectivity index (χ2v) is 5.98. The molecule has 4 aromatic heterocycles. The summed E-state index contributed by atoms with van der Waals surface area (Å²) in [6.07, 6.45) is 3.26. The molecule has 0 fully saturated rings. The lowest BCUT2D eigenvalue weighted by Gasteiger charge is -2.09. The zero-order valence-corrected chi connectivity index (χ0v) is 13.6. The number of benzene rings is 1. The minimum Gasteiger partial charge on any atom is -0.443 e. The van der Waals surface area contributed by atoms with Gasteiger partial charge in [-0.05, 0) is 30.7 Å². The number of pyridine rings is 1. The molecule has 122 valence electrons. The molecule has 0 spiro atoms. The standard InChI is InChI=1S/C19H15N5O/c1-13-21-22-18-8-7-15-16(24(13)18)11-17(19-20-9-10-25-19)23(15)12-14-5-3-2-4-6-14/h2-11H,12H2,1H3. The topological polar surface area (TPSA) is 61.2 Å². The van der Waals surface area contributed by atoms with Crippen molar-refractivity contribution >= 4 is 16.7 Å². The van der Waals surface area contributed by atoms with Crippen molar-refractivity contribution in [1.29, 1.82) is 0 Å². The van der Waals surface area contributed by atoms with Crippen LogP contribution in [0.25, 0.3) is 28.3 Å². The van der Waals surface area contributed by atoms with Crippen LogP contribution < -0.4 is 0 Å². The van der Waals surface area contributed by atoms with Crippen LogP contribution in [0.4, 0.5) is 0 Å². The Labute approximate surface area is 143 Å². The maximum atomic E-state index is 5.58. The average Bonchev–Trinajstić information content (AvgIpc) is 3.35. The van der Waals surface area contributed by atoms with Crippen molar-refractivity contribution in [2.24, 2.45) is 0 Å².